The molecule has 0 amide bonds. The second kappa shape index (κ2) is 3.22. The lowest BCUT2D eigenvalue weighted by molar-refractivity contribution is 1.72. The van der Waals surface area contributed by atoms with Crippen LogP contribution in [0.1, 0.15) is 0 Å². The highest BCUT2D eigenvalue weighted by atomic mass is 79.9. The number of rotatable bonds is 0. The van der Waals surface area contributed by atoms with Gasteiger partial charge in [0.15, 0.2) is 0 Å². The standard InChI is InChI=1S/C12H8BrNS/c13-9-6-12-8(5-10(9)14)7-3-1-2-4-11(7)15-12/h1-6H,14H2. The van der Waals surface area contributed by atoms with Crippen molar-refractivity contribution < 1.29 is 0 Å². The van der Waals surface area contributed by atoms with E-state index in [2.05, 4.69) is 46.3 Å². The Labute approximate surface area is 99.6 Å². The fourth-order valence-electron chi connectivity index (χ4n) is 1.76. The summed E-state index contributed by atoms with van der Waals surface area (Å²) in [7, 11) is 0. The van der Waals surface area contributed by atoms with Gasteiger partial charge < -0.3 is 5.73 Å². The number of anilines is 1. The fourth-order valence-corrected chi connectivity index (χ4v) is 3.39. The van der Waals surface area contributed by atoms with Crippen LogP contribution in [-0.4, -0.2) is 0 Å². The van der Waals surface area contributed by atoms with Crippen LogP contribution in [0, 0.1) is 0 Å². The Balaban J connectivity index is 2.56. The molecule has 1 heterocycles. The normalized spacial score (nSPS) is 11.3. The summed E-state index contributed by atoms with van der Waals surface area (Å²) < 4.78 is 3.56. The average Bonchev–Trinajstić information content (AvgIpc) is 2.57. The molecule has 0 aliphatic heterocycles. The van der Waals surface area contributed by atoms with Gasteiger partial charge in [0.1, 0.15) is 0 Å². The Bertz CT molecular complexity index is 657. The van der Waals surface area contributed by atoms with Crippen LogP contribution in [0.2, 0.25) is 0 Å². The van der Waals surface area contributed by atoms with Gasteiger partial charge in [0.2, 0.25) is 0 Å². The van der Waals surface area contributed by atoms with E-state index in [0.717, 1.165) is 10.2 Å². The first-order valence-corrected chi connectivity index (χ1v) is 6.23. The third kappa shape index (κ3) is 1.34. The van der Waals surface area contributed by atoms with Crippen molar-refractivity contribution in [2.24, 2.45) is 0 Å². The lowest BCUT2D eigenvalue weighted by Crippen LogP contribution is -1.84. The van der Waals surface area contributed by atoms with Gasteiger partial charge in [0.25, 0.3) is 0 Å². The molecule has 3 heteroatoms. The van der Waals surface area contributed by atoms with Crippen molar-refractivity contribution in [3.63, 3.8) is 0 Å². The van der Waals surface area contributed by atoms with Gasteiger partial charge in [-0.05, 0) is 34.1 Å². The SMILES string of the molecule is Nc1cc2c(cc1Br)sc1ccccc12. The Morgan fingerprint density at radius 2 is 1.80 bits per heavy atom. The van der Waals surface area contributed by atoms with E-state index in [0.29, 0.717) is 0 Å². The first-order valence-electron chi connectivity index (χ1n) is 4.62. The molecule has 1 aromatic heterocycles. The highest BCUT2D eigenvalue weighted by Gasteiger charge is 2.06. The molecule has 0 spiro atoms. The summed E-state index contributed by atoms with van der Waals surface area (Å²) in [5, 5.41) is 2.54. The molecule has 74 valence electrons. The zero-order chi connectivity index (χ0) is 10.4. The highest BCUT2D eigenvalue weighted by molar-refractivity contribution is 9.10. The topological polar surface area (TPSA) is 26.0 Å². The van der Waals surface area contributed by atoms with E-state index in [9.17, 15) is 0 Å². The summed E-state index contributed by atoms with van der Waals surface area (Å²) in [4.78, 5) is 0. The number of benzene rings is 2. The number of hydrogen-bond acceptors (Lipinski definition) is 2. The molecule has 2 N–H and O–H groups in total. The molecule has 3 aromatic rings. The predicted octanol–water partition coefficient (Wildman–Crippen LogP) is 4.40. The van der Waals surface area contributed by atoms with Crippen molar-refractivity contribution in [3.8, 4) is 0 Å². The third-order valence-electron chi connectivity index (χ3n) is 2.50. The van der Waals surface area contributed by atoms with Gasteiger partial charge in [-0.2, -0.15) is 0 Å². The monoisotopic (exact) mass is 277 g/mol. The molecule has 0 fully saturated rings. The summed E-state index contributed by atoms with van der Waals surface area (Å²) in [6.45, 7) is 0. The minimum Gasteiger partial charge on any atom is -0.398 e. The van der Waals surface area contributed by atoms with Crippen LogP contribution in [0.15, 0.2) is 40.9 Å². The molecular weight excluding hydrogens is 270 g/mol. The summed E-state index contributed by atoms with van der Waals surface area (Å²) in [5.74, 6) is 0. The first-order chi connectivity index (χ1) is 7.25. The Kier molecular flexibility index (Phi) is 1.97. The zero-order valence-electron chi connectivity index (χ0n) is 7.83. The van der Waals surface area contributed by atoms with Crippen LogP contribution in [0.3, 0.4) is 0 Å². The van der Waals surface area contributed by atoms with E-state index < -0.39 is 0 Å². The number of hydrogen-bond donors (Lipinski definition) is 1. The fraction of sp³-hybridized carbons (Fsp3) is 0. The van der Waals surface area contributed by atoms with Gasteiger partial charge in [0, 0.05) is 30.3 Å². The molecular formula is C12H8BrNS. The van der Waals surface area contributed by atoms with Crippen molar-refractivity contribution in [1.29, 1.82) is 0 Å². The van der Waals surface area contributed by atoms with Crippen LogP contribution < -0.4 is 5.73 Å². The molecule has 0 aliphatic carbocycles. The van der Waals surface area contributed by atoms with Gasteiger partial charge in [-0.1, -0.05) is 18.2 Å². The van der Waals surface area contributed by atoms with Crippen molar-refractivity contribution in [1.82, 2.24) is 0 Å². The van der Waals surface area contributed by atoms with E-state index in [-0.39, 0.29) is 0 Å². The minimum atomic E-state index is 0.797. The molecule has 0 saturated carbocycles. The Morgan fingerprint density at radius 3 is 2.67 bits per heavy atom. The summed E-state index contributed by atoms with van der Waals surface area (Å²) in [6.07, 6.45) is 0. The lowest BCUT2D eigenvalue weighted by atomic mass is 10.1. The molecule has 0 radical (unpaired) electrons. The maximum Gasteiger partial charge on any atom is 0.0465 e. The van der Waals surface area contributed by atoms with E-state index >= 15 is 0 Å². The predicted molar refractivity (Wildman–Crippen MR) is 71.4 cm³/mol. The summed E-state index contributed by atoms with van der Waals surface area (Å²) in [5.41, 5.74) is 6.69. The minimum absolute atomic E-state index is 0.797. The number of nitrogen functional groups attached to an aromatic ring is 1. The van der Waals surface area contributed by atoms with Crippen LogP contribution >= 0.6 is 27.3 Å². The molecule has 0 atom stereocenters. The molecule has 0 bridgehead atoms. The van der Waals surface area contributed by atoms with Gasteiger partial charge in [0.05, 0.1) is 0 Å². The van der Waals surface area contributed by atoms with Crippen molar-refractivity contribution in [2.75, 3.05) is 5.73 Å². The van der Waals surface area contributed by atoms with E-state index in [1.165, 1.54) is 20.2 Å². The van der Waals surface area contributed by atoms with Crippen LogP contribution in [0.4, 0.5) is 5.69 Å². The van der Waals surface area contributed by atoms with Gasteiger partial charge in [-0.15, -0.1) is 11.3 Å². The van der Waals surface area contributed by atoms with Crippen molar-refractivity contribution in [2.45, 2.75) is 0 Å². The molecule has 1 nitrogen and oxygen atoms in total. The number of nitrogens with two attached hydrogens (primary N) is 1. The smallest absolute Gasteiger partial charge is 0.0465 e. The number of halogens is 1. The maximum atomic E-state index is 5.89. The van der Waals surface area contributed by atoms with Crippen LogP contribution in [0.25, 0.3) is 20.2 Å². The molecule has 0 aliphatic rings. The molecule has 15 heavy (non-hydrogen) atoms. The molecule has 0 unspecified atom stereocenters. The maximum absolute atomic E-state index is 5.89. The van der Waals surface area contributed by atoms with Crippen LogP contribution in [-0.2, 0) is 0 Å². The first kappa shape index (κ1) is 9.19. The zero-order valence-corrected chi connectivity index (χ0v) is 10.2. The van der Waals surface area contributed by atoms with Crippen molar-refractivity contribution >= 4 is 53.1 Å². The van der Waals surface area contributed by atoms with Gasteiger partial charge >= 0.3 is 0 Å². The van der Waals surface area contributed by atoms with Crippen molar-refractivity contribution in [3.05, 3.63) is 40.9 Å². The summed E-state index contributed by atoms with van der Waals surface area (Å²) in [6, 6.07) is 12.5. The quantitative estimate of drug-likeness (QED) is 0.606. The van der Waals surface area contributed by atoms with Crippen LogP contribution in [0.5, 0.6) is 0 Å². The van der Waals surface area contributed by atoms with E-state index in [4.69, 9.17) is 5.73 Å². The number of thiophene rings is 1. The van der Waals surface area contributed by atoms with E-state index in [1.807, 2.05) is 6.07 Å². The second-order valence-corrected chi connectivity index (χ2v) is 5.41. The molecule has 0 saturated heterocycles. The third-order valence-corrected chi connectivity index (χ3v) is 4.32. The Hall–Kier alpha value is -1.06. The number of fused-ring (bicyclic) bond motifs is 3. The largest absolute Gasteiger partial charge is 0.398 e. The van der Waals surface area contributed by atoms with Gasteiger partial charge in [-0.25, -0.2) is 0 Å². The van der Waals surface area contributed by atoms with Gasteiger partial charge in [-0.3, -0.25) is 0 Å². The van der Waals surface area contributed by atoms with E-state index in [1.54, 1.807) is 11.3 Å². The lowest BCUT2D eigenvalue weighted by Gasteiger charge is -1.97. The average molecular weight is 278 g/mol. The second-order valence-electron chi connectivity index (χ2n) is 3.47. The molecule has 3 rings (SSSR count). The molecule has 2 aromatic carbocycles. The summed E-state index contributed by atoms with van der Waals surface area (Å²) >= 11 is 5.25. The highest BCUT2D eigenvalue weighted by Crippen LogP contribution is 2.37. The Morgan fingerprint density at radius 1 is 1.00 bits per heavy atom.